The number of hydrogen-bond acceptors (Lipinski definition) is 1. The molecule has 1 N–H and O–H groups in total. The van der Waals surface area contributed by atoms with Gasteiger partial charge in [0.25, 0.3) is 0 Å². The Bertz CT molecular complexity index is 587. The minimum Gasteiger partial charge on any atom is -0.308 e. The minimum atomic E-state index is -0.603. The maximum Gasteiger partial charge on any atom is 0.137 e. The highest BCUT2D eigenvalue weighted by Gasteiger charge is 2.06. The molecule has 0 aliphatic carbocycles. The average molecular weight is 330 g/mol. The van der Waals surface area contributed by atoms with Crippen LogP contribution in [0.25, 0.3) is 0 Å². The smallest absolute Gasteiger partial charge is 0.137 e. The van der Waals surface area contributed by atoms with E-state index in [1.54, 1.807) is 12.1 Å². The van der Waals surface area contributed by atoms with Crippen molar-refractivity contribution in [2.24, 2.45) is 0 Å². The van der Waals surface area contributed by atoms with Crippen LogP contribution in [0.3, 0.4) is 0 Å². The van der Waals surface area contributed by atoms with Crippen LogP contribution >= 0.6 is 15.9 Å². The first-order valence-corrected chi connectivity index (χ1v) is 6.45. The second-order valence-electron chi connectivity index (χ2n) is 4.05. The van der Waals surface area contributed by atoms with Gasteiger partial charge in [0, 0.05) is 24.7 Å². The molecule has 100 valence electrons. The summed E-state index contributed by atoms with van der Waals surface area (Å²) in [5.41, 5.74) is 1.11. The molecule has 0 aliphatic rings. The Balaban J connectivity index is 1.98. The average Bonchev–Trinajstić information content (AvgIpc) is 2.37. The molecule has 0 aromatic heterocycles. The summed E-state index contributed by atoms with van der Waals surface area (Å²) in [5.74, 6) is -1.54. The van der Waals surface area contributed by atoms with E-state index >= 15 is 0 Å². The highest BCUT2D eigenvalue weighted by molar-refractivity contribution is 9.10. The van der Waals surface area contributed by atoms with E-state index in [-0.39, 0.29) is 12.4 Å². The van der Waals surface area contributed by atoms with Crippen molar-refractivity contribution in [3.8, 4) is 0 Å². The molecule has 0 spiro atoms. The summed E-state index contributed by atoms with van der Waals surface area (Å²) in [4.78, 5) is 0. The molecule has 0 aliphatic heterocycles. The molecule has 0 bridgehead atoms. The number of halogens is 4. The van der Waals surface area contributed by atoms with Gasteiger partial charge < -0.3 is 5.32 Å². The third-order valence-corrected chi connectivity index (χ3v) is 3.57. The van der Waals surface area contributed by atoms with Crippen molar-refractivity contribution in [2.75, 3.05) is 0 Å². The first kappa shape index (κ1) is 14.1. The third kappa shape index (κ3) is 3.58. The van der Waals surface area contributed by atoms with Crippen molar-refractivity contribution >= 4 is 15.9 Å². The highest BCUT2D eigenvalue weighted by atomic mass is 79.9. The molecule has 0 saturated heterocycles. The van der Waals surface area contributed by atoms with Crippen LogP contribution < -0.4 is 5.32 Å². The molecule has 0 atom stereocenters. The Kier molecular flexibility index (Phi) is 4.61. The van der Waals surface area contributed by atoms with Crippen LogP contribution in [-0.2, 0) is 13.1 Å². The van der Waals surface area contributed by atoms with Crippen LogP contribution in [0.15, 0.2) is 40.9 Å². The Hall–Kier alpha value is -1.33. The maximum atomic E-state index is 13.4. The molecule has 1 nitrogen and oxygen atoms in total. The molecule has 0 radical (unpaired) electrons. The first-order valence-electron chi connectivity index (χ1n) is 5.65. The maximum absolute atomic E-state index is 13.4. The van der Waals surface area contributed by atoms with Gasteiger partial charge in [-0.2, -0.15) is 0 Å². The molecule has 0 heterocycles. The van der Waals surface area contributed by atoms with Gasteiger partial charge in [-0.3, -0.25) is 0 Å². The van der Waals surface area contributed by atoms with Crippen molar-refractivity contribution in [2.45, 2.75) is 13.1 Å². The van der Waals surface area contributed by atoms with Crippen LogP contribution in [0.1, 0.15) is 11.1 Å². The molecular formula is C14H11BrF3N. The Morgan fingerprint density at radius 1 is 0.895 bits per heavy atom. The molecule has 2 aromatic carbocycles. The summed E-state index contributed by atoms with van der Waals surface area (Å²) in [6, 6.07) is 8.16. The van der Waals surface area contributed by atoms with E-state index in [2.05, 4.69) is 21.2 Å². The fraction of sp³-hybridized carbons (Fsp3) is 0.143. The number of nitrogens with one attached hydrogen (secondary N) is 1. The predicted octanol–water partition coefficient (Wildman–Crippen LogP) is 4.16. The SMILES string of the molecule is Fc1ccc(CNCc2cccc(F)c2Br)c(F)c1. The lowest BCUT2D eigenvalue weighted by atomic mass is 10.2. The molecule has 0 amide bonds. The second kappa shape index (κ2) is 6.21. The third-order valence-electron chi connectivity index (χ3n) is 2.68. The molecule has 0 unspecified atom stereocenters. The molecule has 2 rings (SSSR count). The molecule has 0 saturated carbocycles. The molecule has 2 aromatic rings. The minimum absolute atomic E-state index is 0.245. The zero-order valence-electron chi connectivity index (χ0n) is 9.89. The Morgan fingerprint density at radius 3 is 2.37 bits per heavy atom. The fourth-order valence-corrected chi connectivity index (χ4v) is 2.09. The highest BCUT2D eigenvalue weighted by Crippen LogP contribution is 2.20. The lowest BCUT2D eigenvalue weighted by Gasteiger charge is -2.08. The number of benzene rings is 2. The number of rotatable bonds is 4. The van der Waals surface area contributed by atoms with Gasteiger partial charge in [0.2, 0.25) is 0 Å². The van der Waals surface area contributed by atoms with Crippen molar-refractivity contribution < 1.29 is 13.2 Å². The predicted molar refractivity (Wildman–Crippen MR) is 71.0 cm³/mol. The van der Waals surface area contributed by atoms with E-state index in [4.69, 9.17) is 0 Å². The largest absolute Gasteiger partial charge is 0.308 e. The normalized spacial score (nSPS) is 10.7. The summed E-state index contributed by atoms with van der Waals surface area (Å²) in [7, 11) is 0. The summed E-state index contributed by atoms with van der Waals surface area (Å²) in [6.07, 6.45) is 0. The summed E-state index contributed by atoms with van der Waals surface area (Å²) < 4.78 is 39.7. The summed E-state index contributed by atoms with van der Waals surface area (Å²) in [6.45, 7) is 0.629. The van der Waals surface area contributed by atoms with Gasteiger partial charge >= 0.3 is 0 Å². The van der Waals surface area contributed by atoms with E-state index in [1.165, 1.54) is 18.2 Å². The van der Waals surface area contributed by atoms with E-state index in [0.717, 1.165) is 11.6 Å². The van der Waals surface area contributed by atoms with Crippen molar-refractivity contribution in [1.29, 1.82) is 0 Å². The van der Waals surface area contributed by atoms with E-state index in [0.29, 0.717) is 16.6 Å². The zero-order chi connectivity index (χ0) is 13.8. The van der Waals surface area contributed by atoms with Gasteiger partial charge in [-0.1, -0.05) is 18.2 Å². The van der Waals surface area contributed by atoms with Crippen molar-refractivity contribution in [1.82, 2.24) is 5.32 Å². The lowest BCUT2D eigenvalue weighted by molar-refractivity contribution is 0.559. The fourth-order valence-electron chi connectivity index (χ4n) is 1.68. The topological polar surface area (TPSA) is 12.0 Å². The quantitative estimate of drug-likeness (QED) is 0.888. The van der Waals surface area contributed by atoms with E-state index < -0.39 is 11.6 Å². The van der Waals surface area contributed by atoms with Crippen LogP contribution in [0, 0.1) is 17.5 Å². The first-order chi connectivity index (χ1) is 9.08. The monoisotopic (exact) mass is 329 g/mol. The van der Waals surface area contributed by atoms with Gasteiger partial charge in [-0.05, 0) is 33.6 Å². The van der Waals surface area contributed by atoms with Gasteiger partial charge in [-0.15, -0.1) is 0 Å². The van der Waals surface area contributed by atoms with Crippen LogP contribution in [-0.4, -0.2) is 0 Å². The molecule has 19 heavy (non-hydrogen) atoms. The van der Waals surface area contributed by atoms with Crippen molar-refractivity contribution in [3.63, 3.8) is 0 Å². The number of hydrogen-bond donors (Lipinski definition) is 1. The van der Waals surface area contributed by atoms with Crippen molar-refractivity contribution in [3.05, 3.63) is 69.4 Å². The van der Waals surface area contributed by atoms with Crippen LogP contribution in [0.2, 0.25) is 0 Å². The van der Waals surface area contributed by atoms with Crippen LogP contribution in [0.5, 0.6) is 0 Å². The lowest BCUT2D eigenvalue weighted by Crippen LogP contribution is -2.14. The summed E-state index contributed by atoms with van der Waals surface area (Å²) in [5, 5.41) is 2.99. The Morgan fingerprint density at radius 2 is 1.63 bits per heavy atom. The Labute approximate surface area is 117 Å². The van der Waals surface area contributed by atoms with Gasteiger partial charge in [0.15, 0.2) is 0 Å². The van der Waals surface area contributed by atoms with Gasteiger partial charge in [0.05, 0.1) is 4.47 Å². The second-order valence-corrected chi connectivity index (χ2v) is 4.85. The van der Waals surface area contributed by atoms with Crippen LogP contribution in [0.4, 0.5) is 13.2 Å². The molecule has 5 heteroatoms. The van der Waals surface area contributed by atoms with Gasteiger partial charge in [0.1, 0.15) is 17.5 Å². The van der Waals surface area contributed by atoms with E-state index in [9.17, 15) is 13.2 Å². The zero-order valence-corrected chi connectivity index (χ0v) is 11.5. The van der Waals surface area contributed by atoms with E-state index in [1.807, 2.05) is 0 Å². The summed E-state index contributed by atoms with van der Waals surface area (Å²) >= 11 is 3.15. The standard InChI is InChI=1S/C14H11BrF3N/c15-14-10(2-1-3-12(14)17)8-19-7-9-4-5-11(16)6-13(9)18/h1-6,19H,7-8H2. The molecule has 0 fully saturated rings. The molecular weight excluding hydrogens is 319 g/mol. The van der Waals surface area contributed by atoms with Gasteiger partial charge in [-0.25, -0.2) is 13.2 Å².